The van der Waals surface area contributed by atoms with Gasteiger partial charge in [-0.25, -0.2) is 4.68 Å². The summed E-state index contributed by atoms with van der Waals surface area (Å²) in [6, 6.07) is 0.640. The zero-order valence-electron chi connectivity index (χ0n) is 11.2. The van der Waals surface area contributed by atoms with Gasteiger partial charge in [-0.1, -0.05) is 13.8 Å². The second kappa shape index (κ2) is 4.87. The van der Waals surface area contributed by atoms with E-state index in [1.165, 1.54) is 48.1 Å². The highest BCUT2D eigenvalue weighted by Crippen LogP contribution is 2.46. The quantitative estimate of drug-likeness (QED) is 0.897. The molecule has 1 atom stereocenters. The summed E-state index contributed by atoms with van der Waals surface area (Å²) in [5, 5.41) is 8.46. The molecule has 0 saturated heterocycles. The molecule has 0 radical (unpaired) electrons. The smallest absolute Gasteiger partial charge is 0.139 e. The maximum atomic E-state index is 4.94. The van der Waals surface area contributed by atoms with Crippen LogP contribution >= 0.6 is 15.9 Å². The summed E-state index contributed by atoms with van der Waals surface area (Å²) in [6.07, 6.45) is 6.34. The number of nitrogens with one attached hydrogen (secondary N) is 1. The lowest BCUT2D eigenvalue weighted by molar-refractivity contribution is 0.371. The third-order valence-corrected chi connectivity index (χ3v) is 5.24. The monoisotopic (exact) mass is 311 g/mol. The van der Waals surface area contributed by atoms with Crippen molar-refractivity contribution in [1.29, 1.82) is 0 Å². The Morgan fingerprint density at radius 3 is 2.67 bits per heavy atom. The van der Waals surface area contributed by atoms with Crippen LogP contribution < -0.4 is 5.32 Å². The van der Waals surface area contributed by atoms with Crippen LogP contribution in [0.15, 0.2) is 4.47 Å². The number of hydrogen-bond acceptors (Lipinski definition) is 2. The van der Waals surface area contributed by atoms with Crippen LogP contribution in [0.25, 0.3) is 0 Å². The highest BCUT2D eigenvalue weighted by Gasteiger charge is 2.37. The highest BCUT2D eigenvalue weighted by atomic mass is 79.9. The molecule has 0 amide bonds. The van der Waals surface area contributed by atoms with Crippen molar-refractivity contribution in [3.63, 3.8) is 0 Å². The number of hydrogen-bond donors (Lipinski definition) is 1. The van der Waals surface area contributed by atoms with Crippen molar-refractivity contribution >= 4 is 21.7 Å². The Balaban J connectivity index is 1.98. The topological polar surface area (TPSA) is 29.9 Å². The summed E-state index contributed by atoms with van der Waals surface area (Å²) in [4.78, 5) is 0. The molecule has 100 valence electrons. The van der Waals surface area contributed by atoms with Crippen LogP contribution in [0, 0.1) is 5.92 Å². The van der Waals surface area contributed by atoms with E-state index in [0.717, 1.165) is 12.5 Å². The van der Waals surface area contributed by atoms with E-state index < -0.39 is 0 Å². The fourth-order valence-corrected chi connectivity index (χ4v) is 3.87. The first kappa shape index (κ1) is 12.5. The van der Waals surface area contributed by atoms with Crippen molar-refractivity contribution in [3.05, 3.63) is 10.2 Å². The van der Waals surface area contributed by atoms with Gasteiger partial charge in [-0.05, 0) is 54.0 Å². The predicted octanol–water partition coefficient (Wildman–Crippen LogP) is 4.32. The fraction of sp³-hybridized carbons (Fsp3) is 0.786. The molecule has 3 nitrogen and oxygen atoms in total. The number of rotatable bonds is 4. The Morgan fingerprint density at radius 2 is 2.06 bits per heavy atom. The van der Waals surface area contributed by atoms with E-state index in [1.807, 2.05) is 0 Å². The van der Waals surface area contributed by atoms with E-state index in [4.69, 9.17) is 5.10 Å². The van der Waals surface area contributed by atoms with E-state index in [9.17, 15) is 0 Å². The van der Waals surface area contributed by atoms with Crippen LogP contribution in [0.1, 0.15) is 63.6 Å². The van der Waals surface area contributed by atoms with Gasteiger partial charge >= 0.3 is 0 Å². The molecule has 0 aromatic carbocycles. The third-order valence-electron chi connectivity index (χ3n) is 4.46. The molecule has 2 aliphatic rings. The summed E-state index contributed by atoms with van der Waals surface area (Å²) in [6.45, 7) is 5.60. The van der Waals surface area contributed by atoms with Gasteiger partial charge < -0.3 is 5.32 Å². The Bertz CT molecular complexity index is 432. The minimum absolute atomic E-state index is 0.583. The molecule has 1 aliphatic heterocycles. The highest BCUT2D eigenvalue weighted by molar-refractivity contribution is 9.10. The number of fused-ring (bicyclic) bond motifs is 1. The molecule has 1 saturated carbocycles. The van der Waals surface area contributed by atoms with Crippen molar-refractivity contribution in [2.75, 3.05) is 11.9 Å². The van der Waals surface area contributed by atoms with Crippen LogP contribution in [0.3, 0.4) is 0 Å². The van der Waals surface area contributed by atoms with Crippen molar-refractivity contribution in [2.24, 2.45) is 5.92 Å². The van der Waals surface area contributed by atoms with Gasteiger partial charge in [0.25, 0.3) is 0 Å². The zero-order valence-corrected chi connectivity index (χ0v) is 12.8. The Hall–Kier alpha value is -0.510. The van der Waals surface area contributed by atoms with Crippen LogP contribution in [0.4, 0.5) is 5.82 Å². The molecular weight excluding hydrogens is 290 g/mol. The SMILES string of the molecule is CCC(CC)c1nn2c(c1Br)NCCC2C1CC1. The van der Waals surface area contributed by atoms with E-state index in [-0.39, 0.29) is 0 Å². The van der Waals surface area contributed by atoms with Crippen LogP contribution in [-0.4, -0.2) is 16.3 Å². The summed E-state index contributed by atoms with van der Waals surface area (Å²) in [5.41, 5.74) is 1.26. The molecule has 1 aromatic heterocycles. The normalized spacial score (nSPS) is 23.0. The zero-order chi connectivity index (χ0) is 12.7. The Morgan fingerprint density at radius 1 is 1.33 bits per heavy atom. The van der Waals surface area contributed by atoms with Gasteiger partial charge in [0.15, 0.2) is 0 Å². The van der Waals surface area contributed by atoms with Gasteiger partial charge in [0.05, 0.1) is 16.2 Å². The van der Waals surface area contributed by atoms with Gasteiger partial charge in [-0.15, -0.1) is 0 Å². The molecule has 1 aromatic rings. The standard InChI is InChI=1S/C14H22BrN3/c1-3-9(4-2)13-12(15)14-16-8-7-11(10-5-6-10)18(14)17-13/h9-11,16H,3-8H2,1-2H3. The first-order chi connectivity index (χ1) is 8.76. The maximum Gasteiger partial charge on any atom is 0.139 e. The van der Waals surface area contributed by atoms with Crippen LogP contribution in [0.2, 0.25) is 0 Å². The lowest BCUT2D eigenvalue weighted by Crippen LogP contribution is -2.25. The third kappa shape index (κ3) is 1.98. The van der Waals surface area contributed by atoms with Gasteiger partial charge in [0.2, 0.25) is 0 Å². The van der Waals surface area contributed by atoms with Gasteiger partial charge in [0.1, 0.15) is 5.82 Å². The molecule has 18 heavy (non-hydrogen) atoms. The number of aromatic nitrogens is 2. The van der Waals surface area contributed by atoms with Crippen molar-refractivity contribution in [3.8, 4) is 0 Å². The number of anilines is 1. The predicted molar refractivity (Wildman–Crippen MR) is 78.1 cm³/mol. The maximum absolute atomic E-state index is 4.94. The van der Waals surface area contributed by atoms with Gasteiger partial charge in [-0.3, -0.25) is 0 Å². The van der Waals surface area contributed by atoms with Crippen LogP contribution in [-0.2, 0) is 0 Å². The Kier molecular flexibility index (Phi) is 3.39. The molecule has 2 heterocycles. The minimum Gasteiger partial charge on any atom is -0.369 e. The van der Waals surface area contributed by atoms with E-state index in [0.29, 0.717) is 12.0 Å². The average molecular weight is 312 g/mol. The lowest BCUT2D eigenvalue weighted by atomic mass is 10.00. The Labute approximate surface area is 117 Å². The summed E-state index contributed by atoms with van der Waals surface area (Å²) in [7, 11) is 0. The fourth-order valence-electron chi connectivity index (χ4n) is 3.14. The molecule has 1 unspecified atom stereocenters. The first-order valence-electron chi connectivity index (χ1n) is 7.28. The number of nitrogens with zero attached hydrogens (tertiary/aromatic N) is 2. The van der Waals surface area contributed by atoms with Gasteiger partial charge in [-0.2, -0.15) is 5.10 Å². The molecular formula is C14H22BrN3. The lowest BCUT2D eigenvalue weighted by Gasteiger charge is -2.25. The average Bonchev–Trinajstić information content (AvgIpc) is 3.18. The second-order valence-corrected chi connectivity index (χ2v) is 6.42. The largest absolute Gasteiger partial charge is 0.369 e. The summed E-state index contributed by atoms with van der Waals surface area (Å²) < 4.78 is 3.49. The minimum atomic E-state index is 0.583. The first-order valence-corrected chi connectivity index (χ1v) is 8.07. The molecule has 1 fully saturated rings. The summed E-state index contributed by atoms with van der Waals surface area (Å²) >= 11 is 3.77. The van der Waals surface area contributed by atoms with E-state index in [2.05, 4.69) is 39.8 Å². The van der Waals surface area contributed by atoms with Gasteiger partial charge in [0, 0.05) is 12.5 Å². The number of halogens is 1. The summed E-state index contributed by atoms with van der Waals surface area (Å²) in [5.74, 6) is 2.69. The molecule has 1 aliphatic carbocycles. The van der Waals surface area contributed by atoms with E-state index in [1.54, 1.807) is 0 Å². The second-order valence-electron chi connectivity index (χ2n) is 5.63. The van der Waals surface area contributed by atoms with E-state index >= 15 is 0 Å². The van der Waals surface area contributed by atoms with Crippen LogP contribution in [0.5, 0.6) is 0 Å². The molecule has 1 N–H and O–H groups in total. The molecule has 4 heteroatoms. The van der Waals surface area contributed by atoms with Crippen molar-refractivity contribution in [1.82, 2.24) is 9.78 Å². The molecule has 0 spiro atoms. The van der Waals surface area contributed by atoms with Crippen molar-refractivity contribution < 1.29 is 0 Å². The van der Waals surface area contributed by atoms with Crippen molar-refractivity contribution in [2.45, 2.75) is 57.9 Å². The molecule has 0 bridgehead atoms. The molecule has 3 rings (SSSR count).